The molecule has 0 spiro atoms. The van der Waals surface area contributed by atoms with E-state index in [1.165, 1.54) is 12.3 Å². The molecule has 2 aromatic rings. The molecule has 1 amide bonds. The van der Waals surface area contributed by atoms with Gasteiger partial charge in [0, 0.05) is 36.1 Å². The van der Waals surface area contributed by atoms with E-state index in [1.54, 1.807) is 18.6 Å². The molecule has 2 rings (SSSR count). The van der Waals surface area contributed by atoms with Crippen molar-refractivity contribution in [1.82, 2.24) is 20.3 Å². The molecule has 0 aliphatic carbocycles. The zero-order valence-corrected chi connectivity index (χ0v) is 9.74. The maximum absolute atomic E-state index is 11.7. The molecule has 6 heteroatoms. The van der Waals surface area contributed by atoms with Gasteiger partial charge in [0.25, 0.3) is 5.91 Å². The van der Waals surface area contributed by atoms with Crippen molar-refractivity contribution >= 4 is 17.5 Å². The Balaban J connectivity index is 1.85. The summed E-state index contributed by atoms with van der Waals surface area (Å²) in [5.41, 5.74) is 1.30. The summed E-state index contributed by atoms with van der Waals surface area (Å²) in [6.45, 7) is 0.523. The van der Waals surface area contributed by atoms with Crippen LogP contribution < -0.4 is 5.32 Å². The van der Waals surface area contributed by atoms with E-state index in [2.05, 4.69) is 20.3 Å². The van der Waals surface area contributed by atoms with Crippen LogP contribution in [0.3, 0.4) is 0 Å². The molecule has 2 N–H and O–H groups in total. The van der Waals surface area contributed by atoms with Crippen LogP contribution >= 0.6 is 11.6 Å². The van der Waals surface area contributed by atoms with Crippen LogP contribution in [0.25, 0.3) is 0 Å². The van der Waals surface area contributed by atoms with Crippen LogP contribution in [-0.4, -0.2) is 27.4 Å². The summed E-state index contributed by atoms with van der Waals surface area (Å²) in [7, 11) is 0. The SMILES string of the molecule is O=C(NCCc1cnc[nH]1)c1cc(Cl)ccn1. The number of halogens is 1. The van der Waals surface area contributed by atoms with Crippen molar-refractivity contribution < 1.29 is 4.79 Å². The van der Waals surface area contributed by atoms with E-state index in [4.69, 9.17) is 11.6 Å². The van der Waals surface area contributed by atoms with Crippen LogP contribution in [0, 0.1) is 0 Å². The average Bonchev–Trinajstić information content (AvgIpc) is 2.82. The predicted molar refractivity (Wildman–Crippen MR) is 63.9 cm³/mol. The minimum atomic E-state index is -0.230. The number of carbonyl (C=O) groups is 1. The number of H-pyrrole nitrogens is 1. The summed E-state index contributed by atoms with van der Waals surface area (Å²) in [5.74, 6) is -0.230. The molecule has 5 nitrogen and oxygen atoms in total. The van der Waals surface area contributed by atoms with E-state index in [1.807, 2.05) is 0 Å². The number of hydrogen-bond acceptors (Lipinski definition) is 3. The second kappa shape index (κ2) is 5.45. The largest absolute Gasteiger partial charge is 0.350 e. The molecule has 0 aromatic carbocycles. The lowest BCUT2D eigenvalue weighted by atomic mass is 10.3. The number of aromatic nitrogens is 3. The molecule has 2 aromatic heterocycles. The van der Waals surface area contributed by atoms with Gasteiger partial charge in [-0.3, -0.25) is 9.78 Å². The summed E-state index contributed by atoms with van der Waals surface area (Å²) >= 11 is 5.77. The number of nitrogens with one attached hydrogen (secondary N) is 2. The molecular formula is C11H11ClN4O. The predicted octanol–water partition coefficient (Wildman–Crippen LogP) is 1.43. The molecule has 0 fully saturated rings. The van der Waals surface area contributed by atoms with Crippen LogP contribution in [0.15, 0.2) is 30.9 Å². The van der Waals surface area contributed by atoms with Crippen molar-refractivity contribution in [2.45, 2.75) is 6.42 Å². The standard InChI is InChI=1S/C11H11ClN4O/c12-8-1-3-14-10(5-8)11(17)15-4-2-9-6-13-7-16-9/h1,3,5-7H,2,4H2,(H,13,16)(H,15,17). The van der Waals surface area contributed by atoms with Crippen molar-refractivity contribution in [3.8, 4) is 0 Å². The van der Waals surface area contributed by atoms with Gasteiger partial charge in [0.2, 0.25) is 0 Å². The fourth-order valence-corrected chi connectivity index (χ4v) is 1.51. The van der Waals surface area contributed by atoms with Crippen LogP contribution in [0.2, 0.25) is 5.02 Å². The Bertz CT molecular complexity index is 498. The van der Waals surface area contributed by atoms with Gasteiger partial charge in [-0.25, -0.2) is 4.98 Å². The van der Waals surface area contributed by atoms with Gasteiger partial charge in [0.05, 0.1) is 6.33 Å². The van der Waals surface area contributed by atoms with Gasteiger partial charge in [-0.1, -0.05) is 11.6 Å². The summed E-state index contributed by atoms with van der Waals surface area (Å²) in [5, 5.41) is 3.26. The molecule has 88 valence electrons. The van der Waals surface area contributed by atoms with E-state index in [9.17, 15) is 4.79 Å². The first kappa shape index (κ1) is 11.6. The normalized spacial score (nSPS) is 10.2. The van der Waals surface area contributed by atoms with Gasteiger partial charge in [0.15, 0.2) is 0 Å². The number of amides is 1. The Morgan fingerprint density at radius 2 is 2.41 bits per heavy atom. The van der Waals surface area contributed by atoms with E-state index >= 15 is 0 Å². The van der Waals surface area contributed by atoms with Gasteiger partial charge in [-0.05, 0) is 12.1 Å². The number of imidazole rings is 1. The Hall–Kier alpha value is -1.88. The van der Waals surface area contributed by atoms with Gasteiger partial charge in [0.1, 0.15) is 5.69 Å². The number of pyridine rings is 1. The highest BCUT2D eigenvalue weighted by Gasteiger charge is 2.06. The molecule has 0 bridgehead atoms. The number of nitrogens with zero attached hydrogens (tertiary/aromatic N) is 2. The maximum Gasteiger partial charge on any atom is 0.269 e. The van der Waals surface area contributed by atoms with Gasteiger partial charge in [-0.2, -0.15) is 0 Å². The molecule has 0 saturated carbocycles. The lowest BCUT2D eigenvalue weighted by molar-refractivity contribution is 0.0949. The first-order valence-corrected chi connectivity index (χ1v) is 5.50. The van der Waals surface area contributed by atoms with Gasteiger partial charge >= 0.3 is 0 Å². The van der Waals surface area contributed by atoms with Gasteiger partial charge < -0.3 is 10.3 Å². The Morgan fingerprint density at radius 1 is 1.53 bits per heavy atom. The highest BCUT2D eigenvalue weighted by Crippen LogP contribution is 2.07. The zero-order chi connectivity index (χ0) is 12.1. The van der Waals surface area contributed by atoms with Gasteiger partial charge in [-0.15, -0.1) is 0 Å². The van der Waals surface area contributed by atoms with E-state index in [-0.39, 0.29) is 5.91 Å². The first-order valence-electron chi connectivity index (χ1n) is 5.13. The third kappa shape index (κ3) is 3.29. The summed E-state index contributed by atoms with van der Waals surface area (Å²) < 4.78 is 0. The Labute approximate surface area is 103 Å². The topological polar surface area (TPSA) is 70.7 Å². The Morgan fingerprint density at radius 3 is 3.12 bits per heavy atom. The van der Waals surface area contributed by atoms with Crippen molar-refractivity contribution in [1.29, 1.82) is 0 Å². The first-order chi connectivity index (χ1) is 8.25. The monoisotopic (exact) mass is 250 g/mol. The third-order valence-electron chi connectivity index (χ3n) is 2.19. The highest BCUT2D eigenvalue weighted by molar-refractivity contribution is 6.30. The lowest BCUT2D eigenvalue weighted by Crippen LogP contribution is -2.26. The van der Waals surface area contributed by atoms with Crippen molar-refractivity contribution in [3.63, 3.8) is 0 Å². The lowest BCUT2D eigenvalue weighted by Gasteiger charge is -2.03. The zero-order valence-electron chi connectivity index (χ0n) is 8.98. The van der Waals surface area contributed by atoms with Crippen molar-refractivity contribution in [2.24, 2.45) is 0 Å². The second-order valence-corrected chi connectivity index (χ2v) is 3.88. The van der Waals surface area contributed by atoms with E-state index < -0.39 is 0 Å². The summed E-state index contributed by atoms with van der Waals surface area (Å²) in [4.78, 5) is 22.5. The van der Waals surface area contributed by atoms with E-state index in [0.29, 0.717) is 23.7 Å². The molecule has 0 unspecified atom stereocenters. The van der Waals surface area contributed by atoms with Crippen molar-refractivity contribution in [2.75, 3.05) is 6.54 Å². The van der Waals surface area contributed by atoms with Crippen LogP contribution in [0.1, 0.15) is 16.2 Å². The maximum atomic E-state index is 11.7. The minimum absolute atomic E-state index is 0.230. The Kier molecular flexibility index (Phi) is 3.72. The minimum Gasteiger partial charge on any atom is -0.350 e. The highest BCUT2D eigenvalue weighted by atomic mass is 35.5. The fraction of sp³-hybridized carbons (Fsp3) is 0.182. The molecule has 0 aliphatic heterocycles. The molecule has 0 saturated heterocycles. The average molecular weight is 251 g/mol. The summed E-state index contributed by atoms with van der Waals surface area (Å²) in [6.07, 6.45) is 5.54. The number of hydrogen-bond donors (Lipinski definition) is 2. The number of rotatable bonds is 4. The third-order valence-corrected chi connectivity index (χ3v) is 2.42. The second-order valence-electron chi connectivity index (χ2n) is 3.44. The van der Waals surface area contributed by atoms with Crippen molar-refractivity contribution in [3.05, 3.63) is 47.3 Å². The molecule has 0 radical (unpaired) electrons. The summed E-state index contributed by atoms with van der Waals surface area (Å²) in [6, 6.07) is 3.16. The van der Waals surface area contributed by atoms with Crippen LogP contribution in [-0.2, 0) is 6.42 Å². The number of carbonyl (C=O) groups excluding carboxylic acids is 1. The van der Waals surface area contributed by atoms with E-state index in [0.717, 1.165) is 5.69 Å². The smallest absolute Gasteiger partial charge is 0.269 e. The molecule has 17 heavy (non-hydrogen) atoms. The molecule has 2 heterocycles. The fourth-order valence-electron chi connectivity index (χ4n) is 1.35. The molecule has 0 aliphatic rings. The molecular weight excluding hydrogens is 240 g/mol. The quantitative estimate of drug-likeness (QED) is 0.862. The van der Waals surface area contributed by atoms with Crippen LogP contribution in [0.5, 0.6) is 0 Å². The number of aromatic amines is 1. The molecule has 0 atom stereocenters. The van der Waals surface area contributed by atoms with Crippen LogP contribution in [0.4, 0.5) is 0 Å².